The molecule has 0 bridgehead atoms. The van der Waals surface area contributed by atoms with Gasteiger partial charge in [0.2, 0.25) is 5.91 Å². The van der Waals surface area contributed by atoms with E-state index in [1.807, 2.05) is 12.1 Å². The van der Waals surface area contributed by atoms with Gasteiger partial charge in [0.1, 0.15) is 6.04 Å². The molecule has 186 valence electrons. The summed E-state index contributed by atoms with van der Waals surface area (Å²) in [6, 6.07) is 4.67. The van der Waals surface area contributed by atoms with Crippen molar-refractivity contribution in [2.24, 2.45) is 5.73 Å². The fourth-order valence-corrected chi connectivity index (χ4v) is 3.62. The maximum absolute atomic E-state index is 13.2. The Bertz CT molecular complexity index is 1010. The van der Waals surface area contributed by atoms with Crippen LogP contribution >= 0.6 is 0 Å². The van der Waals surface area contributed by atoms with Gasteiger partial charge in [-0.1, -0.05) is 12.1 Å². The monoisotopic (exact) mass is 475 g/mol. The van der Waals surface area contributed by atoms with Gasteiger partial charge in [-0.05, 0) is 31.9 Å². The Morgan fingerprint density at radius 1 is 1.03 bits per heavy atom. The number of hydrogen-bond acceptors (Lipinski definition) is 9. The van der Waals surface area contributed by atoms with Crippen molar-refractivity contribution in [1.29, 1.82) is 0 Å². The van der Waals surface area contributed by atoms with E-state index in [1.54, 1.807) is 12.3 Å². The quantitative estimate of drug-likeness (QED) is 0.248. The van der Waals surface area contributed by atoms with Crippen LogP contribution in [-0.2, 0) is 23.8 Å². The molecule has 2 amide bonds. The number of piperidine rings is 1. The van der Waals surface area contributed by atoms with E-state index in [2.05, 4.69) is 15.7 Å². The third-order valence-electron chi connectivity index (χ3n) is 5.36. The predicted molar refractivity (Wildman–Crippen MR) is 127 cm³/mol. The molecule has 0 radical (unpaired) electrons. The molecule has 2 heterocycles. The summed E-state index contributed by atoms with van der Waals surface area (Å²) in [6.07, 6.45) is 3.59. The van der Waals surface area contributed by atoms with Crippen LogP contribution in [0, 0.1) is 0 Å². The summed E-state index contributed by atoms with van der Waals surface area (Å²) in [5.41, 5.74) is 5.70. The second-order valence-electron chi connectivity index (χ2n) is 7.89. The molecule has 4 N–H and O–H groups in total. The Morgan fingerprint density at radius 2 is 1.74 bits per heavy atom. The molecule has 11 heteroatoms. The number of anilines is 1. The number of nitrogens with one attached hydrogen (secondary N) is 2. The fraction of sp³-hybridized carbons (Fsp3) is 0.565. The number of benzene rings is 1. The van der Waals surface area contributed by atoms with E-state index in [0.29, 0.717) is 69.2 Å². The molecule has 1 unspecified atom stereocenters. The van der Waals surface area contributed by atoms with Crippen molar-refractivity contribution in [3.8, 4) is 0 Å². The van der Waals surface area contributed by atoms with Crippen molar-refractivity contribution < 1.29 is 23.8 Å². The average molecular weight is 476 g/mol. The highest BCUT2D eigenvalue weighted by Gasteiger charge is 2.30. The number of rotatable bonds is 15. The van der Waals surface area contributed by atoms with Gasteiger partial charge in [-0.3, -0.25) is 19.7 Å². The standard InChI is InChI=1S/C23H33N5O6/c24-8-2-10-32-12-14-34-15-13-33-11-3-9-25-18-5-1-4-17-16-26-28(23(31)21(17)18)19-6-7-20(29)27-22(19)30/h1,4-5,16,19,25H,2-3,6-15,24H2,(H,27,29,30). The predicted octanol–water partition coefficient (Wildman–Crippen LogP) is 0.575. The number of imide groups is 1. The molecule has 1 aliphatic heterocycles. The SMILES string of the molecule is NCCCOCCOCCOCCCNc1cccc2cnn(C3CCC(=O)NC3=O)c(=O)c12. The van der Waals surface area contributed by atoms with Crippen LogP contribution in [0.15, 0.2) is 29.2 Å². The first-order chi connectivity index (χ1) is 16.6. The Balaban J connectivity index is 1.44. The lowest BCUT2D eigenvalue weighted by Gasteiger charge is -2.22. The summed E-state index contributed by atoms with van der Waals surface area (Å²) in [4.78, 5) is 36.8. The van der Waals surface area contributed by atoms with Gasteiger partial charge in [-0.25, -0.2) is 4.68 Å². The number of aromatic nitrogens is 2. The van der Waals surface area contributed by atoms with E-state index in [9.17, 15) is 14.4 Å². The molecule has 0 aliphatic carbocycles. The molecule has 0 saturated carbocycles. The van der Waals surface area contributed by atoms with Crippen LogP contribution in [0.25, 0.3) is 10.8 Å². The lowest BCUT2D eigenvalue weighted by Crippen LogP contribution is -2.45. The van der Waals surface area contributed by atoms with Gasteiger partial charge in [0.05, 0.1) is 38.0 Å². The molecule has 1 saturated heterocycles. The molecule has 1 aliphatic rings. The minimum absolute atomic E-state index is 0.177. The Kier molecular flexibility index (Phi) is 10.4. The highest BCUT2D eigenvalue weighted by molar-refractivity contribution is 5.99. The average Bonchev–Trinajstić information content (AvgIpc) is 2.83. The third-order valence-corrected chi connectivity index (χ3v) is 5.36. The normalized spacial score (nSPS) is 16.1. The molecule has 1 aromatic carbocycles. The number of fused-ring (bicyclic) bond motifs is 1. The zero-order valence-electron chi connectivity index (χ0n) is 19.3. The van der Waals surface area contributed by atoms with E-state index in [0.717, 1.165) is 12.8 Å². The number of nitrogens with zero attached hydrogens (tertiary/aromatic N) is 2. The third kappa shape index (κ3) is 7.32. The lowest BCUT2D eigenvalue weighted by atomic mass is 10.1. The molecule has 34 heavy (non-hydrogen) atoms. The second-order valence-corrected chi connectivity index (χ2v) is 7.89. The molecule has 0 spiro atoms. The number of hydrogen-bond donors (Lipinski definition) is 3. The van der Waals surface area contributed by atoms with Gasteiger partial charge < -0.3 is 25.3 Å². The zero-order valence-corrected chi connectivity index (χ0v) is 19.3. The van der Waals surface area contributed by atoms with Crippen LogP contribution in [0.2, 0.25) is 0 Å². The Hall–Kier alpha value is -2.86. The van der Waals surface area contributed by atoms with Crippen molar-refractivity contribution in [3.63, 3.8) is 0 Å². The van der Waals surface area contributed by atoms with Crippen molar-refractivity contribution in [2.45, 2.75) is 31.7 Å². The molecule has 3 rings (SSSR count). The molecule has 1 aromatic heterocycles. The fourth-order valence-electron chi connectivity index (χ4n) is 3.62. The van der Waals surface area contributed by atoms with Gasteiger partial charge in [0.25, 0.3) is 11.5 Å². The maximum Gasteiger partial charge on any atom is 0.277 e. The summed E-state index contributed by atoms with van der Waals surface area (Å²) in [5.74, 6) is -0.838. The summed E-state index contributed by atoms with van der Waals surface area (Å²) >= 11 is 0. The van der Waals surface area contributed by atoms with Crippen molar-refractivity contribution in [2.75, 3.05) is 58.0 Å². The molecule has 2 aromatic rings. The smallest absolute Gasteiger partial charge is 0.277 e. The molecule has 11 nitrogen and oxygen atoms in total. The van der Waals surface area contributed by atoms with Gasteiger partial charge in [-0.15, -0.1) is 0 Å². The van der Waals surface area contributed by atoms with Gasteiger partial charge in [-0.2, -0.15) is 5.10 Å². The van der Waals surface area contributed by atoms with Crippen LogP contribution in [0.4, 0.5) is 5.69 Å². The summed E-state index contributed by atoms with van der Waals surface area (Å²) < 4.78 is 17.5. The van der Waals surface area contributed by atoms with Crippen molar-refractivity contribution >= 4 is 28.3 Å². The highest BCUT2D eigenvalue weighted by atomic mass is 16.5. The van der Waals surface area contributed by atoms with Crippen molar-refractivity contribution in [1.82, 2.24) is 15.1 Å². The number of carbonyl (C=O) groups is 2. The van der Waals surface area contributed by atoms with E-state index in [1.165, 1.54) is 4.68 Å². The largest absolute Gasteiger partial charge is 0.384 e. The van der Waals surface area contributed by atoms with E-state index < -0.39 is 11.9 Å². The van der Waals surface area contributed by atoms with Crippen LogP contribution in [0.5, 0.6) is 0 Å². The maximum atomic E-state index is 13.2. The van der Waals surface area contributed by atoms with Gasteiger partial charge in [0.15, 0.2) is 0 Å². The van der Waals surface area contributed by atoms with Crippen LogP contribution in [0.1, 0.15) is 31.7 Å². The topological polar surface area (TPSA) is 147 Å². The minimum Gasteiger partial charge on any atom is -0.384 e. The van der Waals surface area contributed by atoms with E-state index >= 15 is 0 Å². The first-order valence-electron chi connectivity index (χ1n) is 11.6. The number of nitrogens with two attached hydrogens (primary N) is 1. The first-order valence-corrected chi connectivity index (χ1v) is 11.6. The number of carbonyl (C=O) groups excluding carboxylic acids is 2. The molecular weight excluding hydrogens is 442 g/mol. The Labute approximate surface area is 197 Å². The first kappa shape index (κ1) is 25.8. The molecular formula is C23H33N5O6. The zero-order chi connectivity index (χ0) is 24.2. The minimum atomic E-state index is -0.796. The van der Waals surface area contributed by atoms with Gasteiger partial charge >= 0.3 is 0 Å². The van der Waals surface area contributed by atoms with Crippen LogP contribution < -0.4 is 21.9 Å². The summed E-state index contributed by atoms with van der Waals surface area (Å²) in [6.45, 7) is 4.52. The summed E-state index contributed by atoms with van der Waals surface area (Å²) in [7, 11) is 0. The van der Waals surface area contributed by atoms with Crippen LogP contribution in [-0.4, -0.2) is 74.3 Å². The van der Waals surface area contributed by atoms with E-state index in [-0.39, 0.29) is 24.3 Å². The van der Waals surface area contributed by atoms with Gasteiger partial charge in [0, 0.05) is 37.3 Å². The molecule has 1 fully saturated rings. The van der Waals surface area contributed by atoms with Crippen molar-refractivity contribution in [3.05, 3.63) is 34.7 Å². The second kappa shape index (κ2) is 13.8. The lowest BCUT2D eigenvalue weighted by molar-refractivity contribution is -0.136. The number of ether oxygens (including phenoxy) is 3. The van der Waals surface area contributed by atoms with E-state index in [4.69, 9.17) is 19.9 Å². The van der Waals surface area contributed by atoms with Crippen LogP contribution in [0.3, 0.4) is 0 Å². The molecule has 1 atom stereocenters. The highest BCUT2D eigenvalue weighted by Crippen LogP contribution is 2.22. The summed E-state index contributed by atoms with van der Waals surface area (Å²) in [5, 5.41) is 10.9. The number of amides is 2. The Morgan fingerprint density at radius 3 is 2.44 bits per heavy atom.